The highest BCUT2D eigenvalue weighted by Crippen LogP contribution is 2.13. The number of halogens is 1. The van der Waals surface area contributed by atoms with Crippen molar-refractivity contribution < 1.29 is 14.0 Å². The summed E-state index contributed by atoms with van der Waals surface area (Å²) in [6.45, 7) is 0.451. The number of nitrogens with one attached hydrogen (secondary N) is 1. The number of nitrogens with zero attached hydrogens (tertiary/aromatic N) is 2. The number of aromatic nitrogens is 1. The van der Waals surface area contributed by atoms with Crippen LogP contribution >= 0.6 is 0 Å². The topological polar surface area (TPSA) is 62.3 Å². The molecule has 2 aromatic carbocycles. The van der Waals surface area contributed by atoms with Crippen LogP contribution in [-0.2, 0) is 6.54 Å². The van der Waals surface area contributed by atoms with Crippen molar-refractivity contribution in [3.63, 3.8) is 0 Å². The number of benzene rings is 2. The van der Waals surface area contributed by atoms with E-state index in [1.807, 2.05) is 30.3 Å². The van der Waals surface area contributed by atoms with Crippen molar-refractivity contribution in [2.24, 2.45) is 0 Å². The van der Waals surface area contributed by atoms with Gasteiger partial charge in [-0.25, -0.2) is 4.39 Å². The third kappa shape index (κ3) is 4.76. The smallest absolute Gasteiger partial charge is 0.274 e. The van der Waals surface area contributed by atoms with Gasteiger partial charge in [0, 0.05) is 31.0 Å². The van der Waals surface area contributed by atoms with Gasteiger partial charge in [0.25, 0.3) is 11.8 Å². The maximum Gasteiger partial charge on any atom is 0.274 e. The first-order chi connectivity index (χ1) is 13.0. The Morgan fingerprint density at radius 3 is 2.56 bits per heavy atom. The molecule has 0 spiro atoms. The van der Waals surface area contributed by atoms with Gasteiger partial charge in [-0.1, -0.05) is 36.4 Å². The maximum absolute atomic E-state index is 13.2. The zero-order chi connectivity index (χ0) is 19.2. The summed E-state index contributed by atoms with van der Waals surface area (Å²) in [4.78, 5) is 30.6. The molecule has 1 heterocycles. The van der Waals surface area contributed by atoms with E-state index < -0.39 is 11.7 Å². The molecule has 0 aliphatic rings. The van der Waals surface area contributed by atoms with E-state index in [0.717, 1.165) is 5.56 Å². The summed E-state index contributed by atoms with van der Waals surface area (Å²) in [7, 11) is 1.70. The van der Waals surface area contributed by atoms with E-state index >= 15 is 0 Å². The fourth-order valence-corrected chi connectivity index (χ4v) is 2.60. The molecule has 0 aliphatic carbocycles. The van der Waals surface area contributed by atoms with Crippen LogP contribution in [0.2, 0.25) is 0 Å². The molecule has 2 amide bonds. The van der Waals surface area contributed by atoms with Gasteiger partial charge in [-0.2, -0.15) is 0 Å². The molecule has 0 saturated heterocycles. The van der Waals surface area contributed by atoms with E-state index in [9.17, 15) is 14.0 Å². The average Bonchev–Trinajstić information content (AvgIpc) is 2.68. The highest BCUT2D eigenvalue weighted by Gasteiger charge is 2.15. The minimum Gasteiger partial charge on any atom is -0.337 e. The first-order valence-corrected chi connectivity index (χ1v) is 8.35. The Bertz CT molecular complexity index is 960. The summed E-state index contributed by atoms with van der Waals surface area (Å²) in [5.41, 5.74) is 1.76. The van der Waals surface area contributed by atoms with Crippen molar-refractivity contribution in [1.29, 1.82) is 0 Å². The fraction of sp³-hybridized carbons (Fsp3) is 0.0952. The van der Waals surface area contributed by atoms with E-state index in [-0.39, 0.29) is 11.6 Å². The van der Waals surface area contributed by atoms with Gasteiger partial charge >= 0.3 is 0 Å². The van der Waals surface area contributed by atoms with Crippen molar-refractivity contribution in [2.75, 3.05) is 12.4 Å². The van der Waals surface area contributed by atoms with Crippen LogP contribution in [0.4, 0.5) is 10.1 Å². The van der Waals surface area contributed by atoms with E-state index in [1.165, 1.54) is 30.5 Å². The van der Waals surface area contributed by atoms with Gasteiger partial charge in [0.2, 0.25) is 0 Å². The Morgan fingerprint density at radius 1 is 1.04 bits per heavy atom. The van der Waals surface area contributed by atoms with Crippen LogP contribution in [0.1, 0.15) is 26.4 Å². The molecule has 0 atom stereocenters. The molecular formula is C21H18FN3O2. The first-order valence-electron chi connectivity index (χ1n) is 8.35. The Balaban J connectivity index is 1.72. The van der Waals surface area contributed by atoms with Crippen molar-refractivity contribution in [1.82, 2.24) is 9.88 Å². The van der Waals surface area contributed by atoms with Gasteiger partial charge in [-0.3, -0.25) is 14.6 Å². The molecule has 0 saturated carbocycles. The van der Waals surface area contributed by atoms with E-state index in [2.05, 4.69) is 10.3 Å². The lowest BCUT2D eigenvalue weighted by molar-refractivity contribution is 0.0785. The van der Waals surface area contributed by atoms with Crippen molar-refractivity contribution in [2.45, 2.75) is 6.54 Å². The lowest BCUT2D eigenvalue weighted by Gasteiger charge is -2.17. The molecule has 0 aliphatic heterocycles. The normalized spacial score (nSPS) is 10.3. The summed E-state index contributed by atoms with van der Waals surface area (Å²) in [5.74, 6) is -1.19. The number of carbonyl (C=O) groups is 2. The zero-order valence-corrected chi connectivity index (χ0v) is 14.7. The molecule has 136 valence electrons. The number of rotatable bonds is 5. The van der Waals surface area contributed by atoms with Gasteiger partial charge in [0.05, 0.1) is 0 Å². The first kappa shape index (κ1) is 18.3. The second-order valence-electron chi connectivity index (χ2n) is 6.04. The standard InChI is InChI=1S/C21H18FN3O2/c1-25(14-15-6-3-2-4-7-15)21(27)16-10-11-23-19(12-16)20(26)24-18-9-5-8-17(22)13-18/h2-13H,14H2,1H3,(H,24,26). The van der Waals surface area contributed by atoms with Crippen LogP contribution in [0.3, 0.4) is 0 Å². The predicted octanol–water partition coefficient (Wildman–Crippen LogP) is 3.75. The molecule has 27 heavy (non-hydrogen) atoms. The summed E-state index contributed by atoms with van der Waals surface area (Å²) in [6.07, 6.45) is 1.41. The number of pyridine rings is 1. The number of amides is 2. The van der Waals surface area contributed by atoms with Crippen molar-refractivity contribution in [3.05, 3.63) is 95.6 Å². The lowest BCUT2D eigenvalue weighted by Crippen LogP contribution is -2.26. The second kappa shape index (κ2) is 8.23. The van der Waals surface area contributed by atoms with Gasteiger partial charge in [-0.15, -0.1) is 0 Å². The highest BCUT2D eigenvalue weighted by atomic mass is 19.1. The number of carbonyl (C=O) groups excluding carboxylic acids is 2. The molecule has 3 rings (SSSR count). The zero-order valence-electron chi connectivity index (χ0n) is 14.7. The van der Waals surface area contributed by atoms with Gasteiger partial charge < -0.3 is 10.2 Å². The summed E-state index contributed by atoms with van der Waals surface area (Å²) in [6, 6.07) is 18.2. The van der Waals surface area contributed by atoms with Crippen LogP contribution in [0.15, 0.2) is 72.9 Å². The average molecular weight is 363 g/mol. The molecule has 1 aromatic heterocycles. The molecule has 0 radical (unpaired) electrons. The summed E-state index contributed by atoms with van der Waals surface area (Å²) < 4.78 is 13.2. The van der Waals surface area contributed by atoms with Crippen LogP contribution < -0.4 is 5.32 Å². The van der Waals surface area contributed by atoms with Gasteiger partial charge in [0.15, 0.2) is 0 Å². The lowest BCUT2D eigenvalue weighted by atomic mass is 10.1. The second-order valence-corrected chi connectivity index (χ2v) is 6.04. The monoisotopic (exact) mass is 363 g/mol. The quantitative estimate of drug-likeness (QED) is 0.751. The van der Waals surface area contributed by atoms with Crippen molar-refractivity contribution >= 4 is 17.5 Å². The summed E-state index contributed by atoms with van der Waals surface area (Å²) in [5, 5.41) is 2.57. The van der Waals surface area contributed by atoms with Crippen LogP contribution in [0, 0.1) is 5.82 Å². The molecule has 0 bridgehead atoms. The Labute approximate surface area is 156 Å². The largest absolute Gasteiger partial charge is 0.337 e. The Kier molecular flexibility index (Phi) is 5.56. The number of hydrogen-bond acceptors (Lipinski definition) is 3. The minimum atomic E-state index is -0.513. The molecule has 3 aromatic rings. The van der Waals surface area contributed by atoms with E-state index in [4.69, 9.17) is 0 Å². The number of anilines is 1. The molecule has 6 heteroatoms. The third-order valence-electron chi connectivity index (χ3n) is 3.93. The van der Waals surface area contributed by atoms with E-state index in [1.54, 1.807) is 24.1 Å². The van der Waals surface area contributed by atoms with Gasteiger partial charge in [-0.05, 0) is 35.9 Å². The maximum atomic E-state index is 13.2. The number of hydrogen-bond donors (Lipinski definition) is 1. The predicted molar refractivity (Wildman–Crippen MR) is 101 cm³/mol. The van der Waals surface area contributed by atoms with Crippen LogP contribution in [-0.4, -0.2) is 28.7 Å². The van der Waals surface area contributed by atoms with E-state index in [0.29, 0.717) is 17.8 Å². The van der Waals surface area contributed by atoms with Gasteiger partial charge in [0.1, 0.15) is 11.5 Å². The Morgan fingerprint density at radius 2 is 1.81 bits per heavy atom. The Hall–Kier alpha value is -3.54. The third-order valence-corrected chi connectivity index (χ3v) is 3.93. The van der Waals surface area contributed by atoms with Crippen LogP contribution in [0.25, 0.3) is 0 Å². The molecule has 0 fully saturated rings. The van der Waals surface area contributed by atoms with Crippen LogP contribution in [0.5, 0.6) is 0 Å². The summed E-state index contributed by atoms with van der Waals surface area (Å²) >= 11 is 0. The molecule has 0 unspecified atom stereocenters. The molecular weight excluding hydrogens is 345 g/mol. The van der Waals surface area contributed by atoms with Crippen molar-refractivity contribution in [3.8, 4) is 0 Å². The molecule has 5 nitrogen and oxygen atoms in total. The SMILES string of the molecule is CN(Cc1ccccc1)C(=O)c1ccnc(C(=O)Nc2cccc(F)c2)c1. The minimum absolute atomic E-state index is 0.0817. The molecule has 1 N–H and O–H groups in total. The fourth-order valence-electron chi connectivity index (χ4n) is 2.60. The highest BCUT2D eigenvalue weighted by molar-refractivity contribution is 6.04.